The van der Waals surface area contributed by atoms with Crippen LogP contribution in [-0.4, -0.2) is 39.3 Å². The van der Waals surface area contributed by atoms with Crippen molar-refractivity contribution in [2.75, 3.05) is 13.2 Å². The summed E-state index contributed by atoms with van der Waals surface area (Å²) in [6.07, 6.45) is 0.330. The molecule has 0 bridgehead atoms. The number of nitrogens with zero attached hydrogens (tertiary/aromatic N) is 4. The Hall–Kier alpha value is -1.50. The van der Waals surface area contributed by atoms with Crippen LogP contribution in [-0.2, 0) is 23.0 Å². The zero-order valence-corrected chi connectivity index (χ0v) is 9.80. The molecule has 1 rings (SSSR count). The molecule has 0 radical (unpaired) electrons. The third-order valence-corrected chi connectivity index (χ3v) is 2.32. The molecule has 0 spiro atoms. The second kappa shape index (κ2) is 5.02. The van der Waals surface area contributed by atoms with Gasteiger partial charge in [-0.2, -0.15) is 4.80 Å². The molecule has 1 heterocycles. The highest BCUT2D eigenvalue weighted by Gasteiger charge is 2.35. The van der Waals surface area contributed by atoms with Crippen LogP contribution in [0.3, 0.4) is 0 Å². The van der Waals surface area contributed by atoms with Gasteiger partial charge in [0.2, 0.25) is 0 Å². The maximum absolute atomic E-state index is 11.7. The maximum atomic E-state index is 11.7. The Labute approximate surface area is 93.9 Å². The van der Waals surface area contributed by atoms with Crippen LogP contribution in [0.1, 0.15) is 19.7 Å². The zero-order valence-electron chi connectivity index (χ0n) is 9.80. The highest BCUT2D eigenvalue weighted by atomic mass is 16.5. The summed E-state index contributed by atoms with van der Waals surface area (Å²) in [6.45, 7) is 4.02. The number of carbonyl (C=O) groups excluding carboxylic acids is 1. The van der Waals surface area contributed by atoms with Gasteiger partial charge in [0.25, 0.3) is 0 Å². The lowest BCUT2D eigenvalue weighted by Gasteiger charge is -2.23. The molecule has 0 aromatic carbocycles. The zero-order chi connectivity index (χ0) is 12.2. The average molecular weight is 227 g/mol. The summed E-state index contributed by atoms with van der Waals surface area (Å²) in [4.78, 5) is 13.1. The summed E-state index contributed by atoms with van der Waals surface area (Å²) in [5.41, 5.74) is 4.82. The number of hydrogen-bond donors (Lipinski definition) is 1. The van der Waals surface area contributed by atoms with E-state index in [0.717, 1.165) is 0 Å². The fourth-order valence-electron chi connectivity index (χ4n) is 1.28. The number of ether oxygens (including phenoxy) is 1. The molecule has 7 heteroatoms. The van der Waals surface area contributed by atoms with Gasteiger partial charge >= 0.3 is 5.97 Å². The third kappa shape index (κ3) is 2.75. The van der Waals surface area contributed by atoms with E-state index in [1.807, 2.05) is 0 Å². The van der Waals surface area contributed by atoms with Crippen molar-refractivity contribution in [3.63, 3.8) is 0 Å². The van der Waals surface area contributed by atoms with E-state index in [1.165, 1.54) is 4.80 Å². The molecule has 90 valence electrons. The van der Waals surface area contributed by atoms with Crippen molar-refractivity contribution in [2.45, 2.75) is 20.3 Å². The number of tetrazole rings is 1. The molecular formula is C9H17N5O2. The topological polar surface area (TPSA) is 95.9 Å². The van der Waals surface area contributed by atoms with Crippen molar-refractivity contribution >= 4 is 5.97 Å². The lowest BCUT2D eigenvalue weighted by Crippen LogP contribution is -2.39. The van der Waals surface area contributed by atoms with Crippen LogP contribution in [0.25, 0.3) is 0 Å². The molecule has 1 atom stereocenters. The van der Waals surface area contributed by atoms with E-state index in [9.17, 15) is 4.79 Å². The van der Waals surface area contributed by atoms with Crippen LogP contribution in [0, 0.1) is 5.41 Å². The number of carbonyl (C=O) groups is 1. The molecular weight excluding hydrogens is 210 g/mol. The fourth-order valence-corrected chi connectivity index (χ4v) is 1.28. The molecule has 7 nitrogen and oxygen atoms in total. The Morgan fingerprint density at radius 2 is 2.31 bits per heavy atom. The Morgan fingerprint density at radius 3 is 2.75 bits per heavy atom. The smallest absolute Gasteiger partial charge is 0.313 e. The predicted molar refractivity (Wildman–Crippen MR) is 56.3 cm³/mol. The van der Waals surface area contributed by atoms with Crippen LogP contribution >= 0.6 is 0 Å². The van der Waals surface area contributed by atoms with Crippen LogP contribution in [0.2, 0.25) is 0 Å². The first kappa shape index (κ1) is 12.6. The second-order valence-electron chi connectivity index (χ2n) is 3.86. The van der Waals surface area contributed by atoms with Crippen LogP contribution < -0.4 is 5.73 Å². The first-order valence-electron chi connectivity index (χ1n) is 5.12. The molecule has 1 aromatic rings. The monoisotopic (exact) mass is 227 g/mol. The highest BCUT2D eigenvalue weighted by Crippen LogP contribution is 2.21. The number of nitrogens with two attached hydrogens (primary N) is 1. The number of rotatable bonds is 5. The van der Waals surface area contributed by atoms with Gasteiger partial charge in [0, 0.05) is 13.0 Å². The minimum atomic E-state index is -0.793. The quantitative estimate of drug-likeness (QED) is 0.667. The molecule has 0 aliphatic heterocycles. The first-order valence-corrected chi connectivity index (χ1v) is 5.12. The molecule has 0 saturated heterocycles. The highest BCUT2D eigenvalue weighted by molar-refractivity contribution is 5.76. The molecule has 16 heavy (non-hydrogen) atoms. The van der Waals surface area contributed by atoms with Crippen LogP contribution in [0.15, 0.2) is 0 Å². The normalized spacial score (nSPS) is 14.5. The van der Waals surface area contributed by atoms with Gasteiger partial charge in [-0.15, -0.1) is 10.2 Å². The van der Waals surface area contributed by atoms with Crippen molar-refractivity contribution in [1.82, 2.24) is 20.2 Å². The van der Waals surface area contributed by atoms with Gasteiger partial charge < -0.3 is 10.5 Å². The van der Waals surface area contributed by atoms with E-state index in [0.29, 0.717) is 18.9 Å². The van der Waals surface area contributed by atoms with Crippen molar-refractivity contribution in [3.8, 4) is 0 Å². The summed E-state index contributed by atoms with van der Waals surface area (Å²) in [5, 5.41) is 11.6. The third-order valence-electron chi connectivity index (χ3n) is 2.32. The Bertz CT molecular complexity index is 365. The van der Waals surface area contributed by atoms with Crippen molar-refractivity contribution < 1.29 is 9.53 Å². The predicted octanol–water partition coefficient (Wildman–Crippen LogP) is -0.719. The minimum Gasteiger partial charge on any atom is -0.466 e. The van der Waals surface area contributed by atoms with Gasteiger partial charge in [0.05, 0.1) is 19.1 Å². The molecule has 0 fully saturated rings. The molecule has 1 unspecified atom stereocenters. The molecule has 0 aliphatic rings. The van der Waals surface area contributed by atoms with Gasteiger partial charge in [-0.25, -0.2) is 0 Å². The summed E-state index contributed by atoms with van der Waals surface area (Å²) in [6, 6.07) is 0. The van der Waals surface area contributed by atoms with E-state index < -0.39 is 5.41 Å². The Morgan fingerprint density at radius 1 is 1.62 bits per heavy atom. The lowest BCUT2D eigenvalue weighted by atomic mass is 9.87. The van der Waals surface area contributed by atoms with E-state index in [2.05, 4.69) is 15.4 Å². The SMILES string of the molecule is CCOC(=O)C(C)(CN)Cc1nnn(C)n1. The molecule has 0 saturated carbocycles. The van der Waals surface area contributed by atoms with Gasteiger partial charge in [-0.3, -0.25) is 4.79 Å². The Balaban J connectivity index is 2.77. The summed E-state index contributed by atoms with van der Waals surface area (Å²) < 4.78 is 4.98. The number of hydrogen-bond acceptors (Lipinski definition) is 6. The average Bonchev–Trinajstić information content (AvgIpc) is 2.64. The molecule has 2 N–H and O–H groups in total. The van der Waals surface area contributed by atoms with Gasteiger partial charge in [-0.1, -0.05) is 0 Å². The minimum absolute atomic E-state index is 0.185. The van der Waals surface area contributed by atoms with E-state index in [-0.39, 0.29) is 12.5 Å². The Kier molecular flexibility index (Phi) is 3.94. The largest absolute Gasteiger partial charge is 0.466 e. The van der Waals surface area contributed by atoms with Crippen molar-refractivity contribution in [3.05, 3.63) is 5.82 Å². The second-order valence-corrected chi connectivity index (χ2v) is 3.86. The first-order chi connectivity index (χ1) is 7.51. The number of aromatic nitrogens is 4. The molecule has 0 aliphatic carbocycles. The summed E-state index contributed by atoms with van der Waals surface area (Å²) in [5.74, 6) is 0.161. The number of aryl methyl sites for hydroxylation is 1. The summed E-state index contributed by atoms with van der Waals surface area (Å²) in [7, 11) is 1.67. The number of esters is 1. The van der Waals surface area contributed by atoms with Gasteiger partial charge in [0.1, 0.15) is 0 Å². The van der Waals surface area contributed by atoms with Gasteiger partial charge in [-0.05, 0) is 19.1 Å². The fraction of sp³-hybridized carbons (Fsp3) is 0.778. The van der Waals surface area contributed by atoms with Gasteiger partial charge in [0.15, 0.2) is 5.82 Å². The van der Waals surface area contributed by atoms with E-state index >= 15 is 0 Å². The molecule has 0 amide bonds. The van der Waals surface area contributed by atoms with Crippen LogP contribution in [0.5, 0.6) is 0 Å². The molecule has 1 aromatic heterocycles. The standard InChI is InChI=1S/C9H17N5O2/c1-4-16-8(15)9(2,6-10)5-7-11-13-14(3)12-7/h4-6,10H2,1-3H3. The van der Waals surface area contributed by atoms with E-state index in [4.69, 9.17) is 10.5 Å². The van der Waals surface area contributed by atoms with Crippen LogP contribution in [0.4, 0.5) is 0 Å². The van der Waals surface area contributed by atoms with Crippen molar-refractivity contribution in [1.29, 1.82) is 0 Å². The van der Waals surface area contributed by atoms with E-state index in [1.54, 1.807) is 20.9 Å². The van der Waals surface area contributed by atoms with Crippen molar-refractivity contribution in [2.24, 2.45) is 18.2 Å². The maximum Gasteiger partial charge on any atom is 0.313 e. The lowest BCUT2D eigenvalue weighted by molar-refractivity contribution is -0.153. The summed E-state index contributed by atoms with van der Waals surface area (Å²) >= 11 is 0.